The van der Waals surface area contributed by atoms with Gasteiger partial charge in [-0.1, -0.05) is 0 Å². The van der Waals surface area contributed by atoms with Gasteiger partial charge in [-0.25, -0.2) is 0 Å². The predicted octanol–water partition coefficient (Wildman–Crippen LogP) is 0.895. The van der Waals surface area contributed by atoms with Crippen LogP contribution in [0.2, 0.25) is 0 Å². The highest BCUT2D eigenvalue weighted by atomic mass is 16.6. The number of ether oxygens (including phenoxy) is 1. The number of aliphatic hydroxyl groups is 1. The van der Waals surface area contributed by atoms with Crippen LogP contribution in [-0.4, -0.2) is 17.5 Å². The Morgan fingerprint density at radius 3 is 2.50 bits per heavy atom. The standard InChI is InChI=1S/C6H12O2/c1-6(7)4-2-3-5-8-6/h7H,2-5H2,1H3/t6-/m0/s1. The molecule has 8 heavy (non-hydrogen) atoms. The fraction of sp³-hybridized carbons (Fsp3) is 1.00. The quantitative estimate of drug-likeness (QED) is 0.509. The molecule has 1 atom stereocenters. The Morgan fingerprint density at radius 1 is 1.50 bits per heavy atom. The molecule has 0 aromatic heterocycles. The van der Waals surface area contributed by atoms with E-state index in [-0.39, 0.29) is 0 Å². The lowest BCUT2D eigenvalue weighted by Gasteiger charge is -2.27. The van der Waals surface area contributed by atoms with Crippen LogP contribution in [0.25, 0.3) is 0 Å². The maximum Gasteiger partial charge on any atom is 0.162 e. The molecule has 1 rings (SSSR count). The van der Waals surface area contributed by atoms with E-state index in [1.54, 1.807) is 6.92 Å². The highest BCUT2D eigenvalue weighted by Gasteiger charge is 2.23. The molecule has 2 nitrogen and oxygen atoms in total. The summed E-state index contributed by atoms with van der Waals surface area (Å²) in [6, 6.07) is 0. The zero-order chi connectivity index (χ0) is 6.04. The second kappa shape index (κ2) is 2.03. The molecule has 48 valence electrons. The van der Waals surface area contributed by atoms with Crippen LogP contribution >= 0.6 is 0 Å². The molecule has 1 fully saturated rings. The first-order valence-corrected chi connectivity index (χ1v) is 3.07. The van der Waals surface area contributed by atoms with Crippen LogP contribution in [-0.2, 0) is 4.74 Å². The SMILES string of the molecule is C[C@@]1(O)CCCCO1. The summed E-state index contributed by atoms with van der Waals surface area (Å²) >= 11 is 0. The van der Waals surface area contributed by atoms with E-state index in [0.717, 1.165) is 19.3 Å². The van der Waals surface area contributed by atoms with Gasteiger partial charge in [0.1, 0.15) is 0 Å². The summed E-state index contributed by atoms with van der Waals surface area (Å²) in [4.78, 5) is 0. The Morgan fingerprint density at radius 2 is 2.25 bits per heavy atom. The molecule has 2 heteroatoms. The second-order valence-electron chi connectivity index (χ2n) is 2.48. The Balaban J connectivity index is 2.33. The van der Waals surface area contributed by atoms with E-state index < -0.39 is 5.79 Å². The van der Waals surface area contributed by atoms with Gasteiger partial charge >= 0.3 is 0 Å². The first kappa shape index (κ1) is 6.05. The second-order valence-corrected chi connectivity index (χ2v) is 2.48. The summed E-state index contributed by atoms with van der Waals surface area (Å²) in [6.45, 7) is 2.43. The molecule has 1 saturated heterocycles. The molecule has 0 amide bonds. The van der Waals surface area contributed by atoms with E-state index in [1.165, 1.54) is 0 Å². The zero-order valence-electron chi connectivity index (χ0n) is 5.18. The normalized spacial score (nSPS) is 39.8. The van der Waals surface area contributed by atoms with Crippen LogP contribution < -0.4 is 0 Å². The Kier molecular flexibility index (Phi) is 1.54. The van der Waals surface area contributed by atoms with Crippen LogP contribution in [0.5, 0.6) is 0 Å². The molecule has 0 bridgehead atoms. The van der Waals surface area contributed by atoms with Gasteiger partial charge in [0.05, 0.1) is 6.61 Å². The number of hydrogen-bond acceptors (Lipinski definition) is 2. The van der Waals surface area contributed by atoms with Crippen LogP contribution in [0.1, 0.15) is 26.2 Å². The predicted molar refractivity (Wildman–Crippen MR) is 30.4 cm³/mol. The Bertz CT molecular complexity index is 70.6. The molecule has 0 aromatic rings. The van der Waals surface area contributed by atoms with Gasteiger partial charge in [0.25, 0.3) is 0 Å². The van der Waals surface area contributed by atoms with Gasteiger partial charge in [-0.05, 0) is 19.8 Å². The van der Waals surface area contributed by atoms with Gasteiger partial charge in [0.15, 0.2) is 5.79 Å². The lowest BCUT2D eigenvalue weighted by atomic mass is 10.1. The molecular weight excluding hydrogens is 104 g/mol. The maximum atomic E-state index is 9.15. The van der Waals surface area contributed by atoms with Crippen molar-refractivity contribution >= 4 is 0 Å². The fourth-order valence-corrected chi connectivity index (χ4v) is 0.919. The van der Waals surface area contributed by atoms with Crippen LogP contribution in [0, 0.1) is 0 Å². The summed E-state index contributed by atoms with van der Waals surface area (Å²) in [5.41, 5.74) is 0. The number of hydrogen-bond donors (Lipinski definition) is 1. The highest BCUT2D eigenvalue weighted by molar-refractivity contribution is 4.64. The fourth-order valence-electron chi connectivity index (χ4n) is 0.919. The van der Waals surface area contributed by atoms with Gasteiger partial charge in [-0.3, -0.25) is 0 Å². The molecule has 0 aromatic carbocycles. The number of rotatable bonds is 0. The van der Waals surface area contributed by atoms with Gasteiger partial charge in [0.2, 0.25) is 0 Å². The van der Waals surface area contributed by atoms with Crippen molar-refractivity contribution in [1.29, 1.82) is 0 Å². The van der Waals surface area contributed by atoms with Gasteiger partial charge in [-0.15, -0.1) is 0 Å². The summed E-state index contributed by atoms with van der Waals surface area (Å²) in [7, 11) is 0. The van der Waals surface area contributed by atoms with Crippen molar-refractivity contribution in [2.75, 3.05) is 6.61 Å². The molecule has 1 heterocycles. The van der Waals surface area contributed by atoms with E-state index in [9.17, 15) is 0 Å². The van der Waals surface area contributed by atoms with Crippen LogP contribution in [0.15, 0.2) is 0 Å². The van der Waals surface area contributed by atoms with Crippen molar-refractivity contribution in [2.24, 2.45) is 0 Å². The molecule has 0 spiro atoms. The zero-order valence-corrected chi connectivity index (χ0v) is 5.18. The van der Waals surface area contributed by atoms with Crippen LogP contribution in [0.3, 0.4) is 0 Å². The van der Waals surface area contributed by atoms with E-state index in [0.29, 0.717) is 6.61 Å². The van der Waals surface area contributed by atoms with E-state index in [1.807, 2.05) is 0 Å². The van der Waals surface area contributed by atoms with Gasteiger partial charge in [0, 0.05) is 6.42 Å². The summed E-state index contributed by atoms with van der Waals surface area (Å²) in [6.07, 6.45) is 2.97. The van der Waals surface area contributed by atoms with Crippen molar-refractivity contribution < 1.29 is 9.84 Å². The third kappa shape index (κ3) is 1.46. The van der Waals surface area contributed by atoms with Crippen molar-refractivity contribution in [2.45, 2.75) is 32.0 Å². The summed E-state index contributed by atoms with van der Waals surface area (Å²) in [5.74, 6) is -0.821. The minimum atomic E-state index is -0.821. The largest absolute Gasteiger partial charge is 0.366 e. The van der Waals surface area contributed by atoms with E-state index in [4.69, 9.17) is 9.84 Å². The first-order valence-electron chi connectivity index (χ1n) is 3.07. The summed E-state index contributed by atoms with van der Waals surface area (Å²) < 4.78 is 5.02. The Labute approximate surface area is 49.5 Å². The molecule has 0 radical (unpaired) electrons. The molecule has 0 unspecified atom stereocenters. The topological polar surface area (TPSA) is 29.5 Å². The lowest BCUT2D eigenvalue weighted by Crippen LogP contribution is -2.31. The first-order chi connectivity index (χ1) is 3.71. The monoisotopic (exact) mass is 116 g/mol. The van der Waals surface area contributed by atoms with E-state index in [2.05, 4.69) is 0 Å². The third-order valence-electron chi connectivity index (χ3n) is 1.45. The van der Waals surface area contributed by atoms with Crippen LogP contribution in [0.4, 0.5) is 0 Å². The minimum Gasteiger partial charge on any atom is -0.366 e. The molecule has 0 saturated carbocycles. The smallest absolute Gasteiger partial charge is 0.162 e. The maximum absolute atomic E-state index is 9.15. The van der Waals surface area contributed by atoms with Crippen molar-refractivity contribution in [3.63, 3.8) is 0 Å². The Hall–Kier alpha value is -0.0800. The summed E-state index contributed by atoms with van der Waals surface area (Å²) in [5, 5.41) is 9.15. The molecule has 1 N–H and O–H groups in total. The average molecular weight is 116 g/mol. The van der Waals surface area contributed by atoms with Gasteiger partial charge in [-0.2, -0.15) is 0 Å². The van der Waals surface area contributed by atoms with Gasteiger partial charge < -0.3 is 9.84 Å². The minimum absolute atomic E-state index is 0.715. The lowest BCUT2D eigenvalue weighted by molar-refractivity contribution is -0.210. The molecule has 0 aliphatic carbocycles. The van der Waals surface area contributed by atoms with Crippen molar-refractivity contribution in [1.82, 2.24) is 0 Å². The molecular formula is C6H12O2. The van der Waals surface area contributed by atoms with E-state index >= 15 is 0 Å². The average Bonchev–Trinajstić information content (AvgIpc) is 1.65. The molecule has 1 aliphatic heterocycles. The highest BCUT2D eigenvalue weighted by Crippen LogP contribution is 2.20. The molecule has 1 aliphatic rings. The van der Waals surface area contributed by atoms with Crippen molar-refractivity contribution in [3.05, 3.63) is 0 Å². The van der Waals surface area contributed by atoms with Crippen molar-refractivity contribution in [3.8, 4) is 0 Å². The third-order valence-corrected chi connectivity index (χ3v) is 1.45.